The van der Waals surface area contributed by atoms with Gasteiger partial charge in [0.2, 0.25) is 23.6 Å². The Hall–Kier alpha value is -9.30. The number of hydrogen-bond donors (Lipinski definition) is 3. The number of nitrogens with zero attached hydrogens (tertiary/aromatic N) is 5. The molecule has 109 heavy (non-hydrogen) atoms. The van der Waals surface area contributed by atoms with Gasteiger partial charge >= 0.3 is 36.3 Å². The predicted octanol–water partition coefficient (Wildman–Crippen LogP) is 13.8. The number of halogens is 2. The molecule has 0 unspecified atom stereocenters. The van der Waals surface area contributed by atoms with Crippen LogP contribution in [-0.2, 0) is 102 Å². The molecule has 27 heteroatoms. The molecular weight excluding hydrogens is 1440 g/mol. The van der Waals surface area contributed by atoms with Crippen molar-refractivity contribution in [3.63, 3.8) is 0 Å². The number of allylic oxidation sites excluding steroid dienone is 2. The Bertz CT molecular complexity index is 3430. The summed E-state index contributed by atoms with van der Waals surface area (Å²) < 4.78 is 61.9. The number of rotatable bonds is 28. The van der Waals surface area contributed by atoms with Crippen LogP contribution in [0.2, 0.25) is 0 Å². The molecule has 10 atom stereocenters. The quantitative estimate of drug-likeness (QED) is 0.0235. The largest absolute Gasteiger partial charge is 0.464 e. The summed E-state index contributed by atoms with van der Waals surface area (Å²) in [7, 11) is 1.50. The minimum Gasteiger partial charge on any atom is -0.464 e. The number of carbonyl (C=O) groups excluding carboxylic acids is 10. The first-order valence-corrected chi connectivity index (χ1v) is 36.3. The van der Waals surface area contributed by atoms with Crippen LogP contribution in [0.15, 0.2) is 140 Å². The van der Waals surface area contributed by atoms with E-state index in [2.05, 4.69) is 94.9 Å². The number of fused-ring (bicyclic) bond motifs is 2. The van der Waals surface area contributed by atoms with Crippen molar-refractivity contribution in [1.29, 1.82) is 0 Å². The zero-order valence-electron chi connectivity index (χ0n) is 65.9. The van der Waals surface area contributed by atoms with Crippen LogP contribution >= 0.6 is 0 Å². The summed E-state index contributed by atoms with van der Waals surface area (Å²) in [5, 5.41) is 8.20. The third-order valence-corrected chi connectivity index (χ3v) is 18.5. The summed E-state index contributed by atoms with van der Waals surface area (Å²) in [6.45, 7) is 53.0. The summed E-state index contributed by atoms with van der Waals surface area (Å²) >= 11 is 0. The van der Waals surface area contributed by atoms with E-state index in [9.17, 15) is 56.7 Å². The first kappa shape index (κ1) is 97.7. The van der Waals surface area contributed by atoms with Crippen LogP contribution in [0.5, 0.6) is 0 Å². The summed E-state index contributed by atoms with van der Waals surface area (Å²) in [6, 6.07) is 4.96. The van der Waals surface area contributed by atoms with Gasteiger partial charge in [-0.25, -0.2) is 37.5 Å². The fourth-order valence-electron chi connectivity index (χ4n) is 13.2. The van der Waals surface area contributed by atoms with Crippen molar-refractivity contribution in [3.8, 4) is 0 Å². The molecule has 0 bridgehead atoms. The normalized spacial score (nSPS) is 21.1. The number of unbranched alkanes of at least 4 members (excludes halogenated alkanes) is 6. The Morgan fingerprint density at radius 2 is 0.982 bits per heavy atom. The number of nitrogens with one attached hydrogen (secondary N) is 3. The van der Waals surface area contributed by atoms with Crippen LogP contribution in [-0.4, -0.2) is 176 Å². The minimum atomic E-state index is -1.32. The Balaban J connectivity index is 0.000000982. The third kappa shape index (κ3) is 26.8. The number of likely N-dealkylation sites (N-methyl/N-ethyl adjacent to an activating group) is 1. The van der Waals surface area contributed by atoms with Crippen molar-refractivity contribution in [2.24, 2.45) is 11.8 Å². The van der Waals surface area contributed by atoms with Gasteiger partial charge in [-0.1, -0.05) is 74.3 Å². The van der Waals surface area contributed by atoms with Crippen molar-refractivity contribution in [3.05, 3.63) is 181 Å². The van der Waals surface area contributed by atoms with Gasteiger partial charge < -0.3 is 66.5 Å². The molecule has 3 N–H and O–H groups in total. The van der Waals surface area contributed by atoms with Crippen LogP contribution in [0.25, 0.3) is 0 Å². The van der Waals surface area contributed by atoms with E-state index in [1.165, 1.54) is 43.7 Å². The molecule has 0 aromatic heterocycles. The molecule has 4 heterocycles. The van der Waals surface area contributed by atoms with Gasteiger partial charge in [0.05, 0.1) is 39.4 Å². The number of ether oxygens (including phenoxy) is 6. The molecule has 4 aliphatic heterocycles. The van der Waals surface area contributed by atoms with Crippen molar-refractivity contribution in [1.82, 2.24) is 40.4 Å². The Morgan fingerprint density at radius 3 is 1.35 bits per heavy atom. The number of amides is 8. The van der Waals surface area contributed by atoms with Gasteiger partial charge in [0.25, 0.3) is 0 Å². The van der Waals surface area contributed by atoms with Crippen LogP contribution in [0, 0.1) is 30.9 Å². The van der Waals surface area contributed by atoms with Gasteiger partial charge in [-0.05, 0) is 130 Å². The molecule has 4 fully saturated rings. The SMILES string of the molecule is C=C.C=C.C=C.C=C.C=CCCCCC[C@H](NC(=O)OC(C)(C)C)C(=O)N1C[C@H](OC(=O)N2Cc3cccc(F)c3C2)C[C@H]1C(=O)N(C)[C@]1(C(=O)OCC)C[C@H]1C=C.C=CCCCCC[C@H](NC(=O)OC(C)(C)C)C(=O)N1C[C@H](OC(=O)N2Cc3cccc(F)c3C2)C[C@H]1C(=O)N[C@]1(C(=O)OCC)C[C@H]1C=C.[CH3-].[V]. The second-order valence-corrected chi connectivity index (χ2v) is 28.0. The number of likely N-dealkylation sites (tertiary alicyclic amines) is 2. The minimum absolute atomic E-state index is 0. The van der Waals surface area contributed by atoms with E-state index in [4.69, 9.17) is 28.4 Å². The van der Waals surface area contributed by atoms with Gasteiger partial charge in [-0.15, -0.1) is 78.9 Å². The predicted molar refractivity (Wildman–Crippen MR) is 413 cm³/mol. The van der Waals surface area contributed by atoms with Crippen LogP contribution in [0.4, 0.5) is 28.0 Å². The number of esters is 2. The maximum absolute atomic E-state index is 14.4. The monoisotopic (exact) mass is 1560 g/mol. The zero-order chi connectivity index (χ0) is 80.7. The third-order valence-electron chi connectivity index (χ3n) is 18.5. The van der Waals surface area contributed by atoms with Gasteiger partial charge in [0, 0.05) is 74.5 Å². The van der Waals surface area contributed by atoms with Crippen molar-refractivity contribution in [2.45, 2.75) is 230 Å². The topological polar surface area (TPSA) is 278 Å². The first-order chi connectivity index (χ1) is 50.9. The fraction of sp³-hybridized carbons (Fsp3) is 0.524. The summed E-state index contributed by atoms with van der Waals surface area (Å²) in [4.78, 5) is 142. The smallest absolute Gasteiger partial charge is 0.410 e. The second-order valence-electron chi connectivity index (χ2n) is 28.0. The Kier molecular flexibility index (Phi) is 41.5. The van der Waals surface area contributed by atoms with Crippen LogP contribution < -0.4 is 16.0 Å². The molecule has 0 spiro atoms. The molecule has 2 aromatic carbocycles. The van der Waals surface area contributed by atoms with E-state index in [1.54, 1.807) is 91.8 Å². The van der Waals surface area contributed by atoms with E-state index in [1.807, 2.05) is 12.2 Å². The van der Waals surface area contributed by atoms with Gasteiger partial charge in [0.15, 0.2) is 0 Å². The van der Waals surface area contributed by atoms with Crippen LogP contribution in [0.3, 0.4) is 0 Å². The van der Waals surface area contributed by atoms with Crippen molar-refractivity contribution < 1.29 is 104 Å². The molecule has 8 amide bonds. The molecule has 2 aromatic rings. The van der Waals surface area contributed by atoms with Gasteiger partial charge in [-0.3, -0.25) is 29.0 Å². The van der Waals surface area contributed by atoms with Crippen LogP contribution in [0.1, 0.15) is 168 Å². The van der Waals surface area contributed by atoms with E-state index < -0.39 is 130 Å². The molecule has 2 aliphatic carbocycles. The molecule has 24 nitrogen and oxygen atoms in total. The second kappa shape index (κ2) is 46.3. The Morgan fingerprint density at radius 1 is 0.578 bits per heavy atom. The first-order valence-electron chi connectivity index (χ1n) is 36.3. The van der Waals surface area contributed by atoms with E-state index in [0.29, 0.717) is 47.9 Å². The van der Waals surface area contributed by atoms with Crippen molar-refractivity contribution >= 4 is 59.9 Å². The van der Waals surface area contributed by atoms with Gasteiger partial charge in [0.1, 0.15) is 70.3 Å². The van der Waals surface area contributed by atoms with E-state index >= 15 is 0 Å². The molecule has 1 radical (unpaired) electrons. The number of carbonyl (C=O) groups is 10. The molecule has 8 rings (SSSR count). The summed E-state index contributed by atoms with van der Waals surface area (Å²) in [5.74, 6) is -4.94. The summed E-state index contributed by atoms with van der Waals surface area (Å²) in [5.41, 5.74) is -2.05. The number of benzene rings is 2. The zero-order valence-corrected chi connectivity index (χ0v) is 67.3. The summed E-state index contributed by atoms with van der Waals surface area (Å²) in [6.07, 6.45) is 9.15. The van der Waals surface area contributed by atoms with E-state index in [-0.39, 0.29) is 116 Å². The maximum atomic E-state index is 14.4. The molecule has 2 saturated carbocycles. The number of alkyl carbamates (subject to hydrolysis) is 2. The average Bonchev–Trinajstić information content (AvgIpc) is 1.56. The standard InChI is InChI=1S/C37H51FN4O8.C36H49FN4O8.4C2H4.CH3.V/c1-8-11-12-13-14-18-29(39-34(46)50-36(4,5)6)31(43)42-22-26(49-35(47)41-21-24-16-15-17-28(38)27(24)23-41)19-30(42)32(44)40(7)37(20-25(37)9-2)33(45)48-10-3;1-7-10-11-12-13-17-28(38-33(45)49-35(4,5)6)31(43)41-21-25(48-34(46)40-20-23-15-14-16-27(37)26(23)22-40)18-29(41)30(42)39-36(19-24(36)8-2)32(44)47-9-3;4*1-2;;/h8-9,15-17,25-26,29-30H,1-2,10-14,18-23H2,3-7H3,(H,39,46);7-8,14-16,24-25,28-29H,1-2,9-13,17-22H2,3-6H3,(H,38,45)(H,39,42);4*1-2H2;1H3;/q;;;;;;-1;/t25-,26-,29+,30+,37-;24-,25-,28+,29+,36-;;;;;;/m11....../s1. The average molecular weight is 1560 g/mol. The maximum Gasteiger partial charge on any atom is 0.410 e. The Labute approximate surface area is 657 Å². The molecular formula is C82H119F2N8O16V-. The van der Waals surface area contributed by atoms with Gasteiger partial charge in [-0.2, -0.15) is 0 Å². The number of hydrogen-bond acceptors (Lipinski definition) is 16. The molecule has 2 saturated heterocycles. The van der Waals surface area contributed by atoms with E-state index in [0.717, 1.165) is 38.5 Å². The molecule has 603 valence electrons. The van der Waals surface area contributed by atoms with Crippen molar-refractivity contribution in [2.75, 3.05) is 33.4 Å². The fourth-order valence-corrected chi connectivity index (χ4v) is 13.2. The molecule has 6 aliphatic rings.